The highest BCUT2D eigenvalue weighted by Gasteiger charge is 2.42. The van der Waals surface area contributed by atoms with Crippen LogP contribution in [0.5, 0.6) is 0 Å². The fourth-order valence-electron chi connectivity index (χ4n) is 5.89. The molecule has 2 radical (unpaired) electrons. The molecule has 6 nitrogen and oxygen atoms in total. The van der Waals surface area contributed by atoms with Crippen LogP contribution in [0, 0.1) is 6.92 Å². The Hall–Kier alpha value is -3.26. The highest BCUT2D eigenvalue weighted by Crippen LogP contribution is 2.44. The Kier molecular flexibility index (Phi) is 6.58. The lowest BCUT2D eigenvalue weighted by Gasteiger charge is -2.53. The van der Waals surface area contributed by atoms with Crippen LogP contribution in [0.25, 0.3) is 16.6 Å². The number of anilines is 2. The summed E-state index contributed by atoms with van der Waals surface area (Å²) < 4.78 is 2.57. The number of aryl methyl sites for hydroxylation is 1. The monoisotopic (exact) mass is 569 g/mol. The topological polar surface area (TPSA) is 44.6 Å². The fraction of sp³-hybridized carbons (Fsp3) is 0.333. The molecule has 2 aliphatic rings. The van der Waals surface area contributed by atoms with Gasteiger partial charge in [-0.3, -0.25) is 14.3 Å². The standard InChI is InChI=1S/C30H33BBrN5O/c1-9-18(5)35-15-25-20(7)34(8)29-28(36(25)14-19(35)6)21-12-22(31)23(32)13-24(21)37(30(29)38)27-17(4)10-11-33-26(27)16(2)3/h9-13,16,19,25H,1,5,7,14-15H2,2-4,6,8H3. The Balaban J connectivity index is 1.89. The third kappa shape index (κ3) is 3.84. The maximum Gasteiger partial charge on any atom is 0.281 e. The highest BCUT2D eigenvalue weighted by atomic mass is 79.9. The van der Waals surface area contributed by atoms with Gasteiger partial charge in [0, 0.05) is 53.6 Å². The van der Waals surface area contributed by atoms with E-state index in [1.807, 2.05) is 47.8 Å². The number of hydrogen-bond donors (Lipinski definition) is 0. The molecule has 2 atom stereocenters. The number of piperazine rings is 1. The van der Waals surface area contributed by atoms with Crippen LogP contribution in [-0.2, 0) is 0 Å². The van der Waals surface area contributed by atoms with Crippen LogP contribution in [-0.4, -0.2) is 54.5 Å². The van der Waals surface area contributed by atoms with Crippen molar-refractivity contribution in [1.29, 1.82) is 0 Å². The molecule has 38 heavy (non-hydrogen) atoms. The summed E-state index contributed by atoms with van der Waals surface area (Å²) in [5.41, 5.74) is 7.23. The lowest BCUT2D eigenvalue weighted by molar-refractivity contribution is 0.224. The summed E-state index contributed by atoms with van der Waals surface area (Å²) in [5, 5.41) is 0.922. The number of aromatic nitrogens is 2. The number of fused-ring (bicyclic) bond motifs is 5. The van der Waals surface area contributed by atoms with Crippen LogP contribution >= 0.6 is 15.9 Å². The minimum Gasteiger partial charge on any atom is -0.365 e. The van der Waals surface area contributed by atoms with Crippen molar-refractivity contribution < 1.29 is 0 Å². The fourth-order valence-corrected chi connectivity index (χ4v) is 6.22. The second-order valence-electron chi connectivity index (χ2n) is 10.7. The largest absolute Gasteiger partial charge is 0.365 e. The third-order valence-electron chi connectivity index (χ3n) is 7.95. The van der Waals surface area contributed by atoms with Gasteiger partial charge in [-0.15, -0.1) is 0 Å². The van der Waals surface area contributed by atoms with Crippen molar-refractivity contribution in [3.8, 4) is 5.69 Å². The number of likely N-dealkylation sites (N-methyl/N-ethyl adjacent to an activating group) is 1. The van der Waals surface area contributed by atoms with Gasteiger partial charge in [0.2, 0.25) is 0 Å². The summed E-state index contributed by atoms with van der Waals surface area (Å²) in [5.74, 6) is 0.129. The van der Waals surface area contributed by atoms with Gasteiger partial charge in [0.25, 0.3) is 5.56 Å². The van der Waals surface area contributed by atoms with E-state index >= 15 is 0 Å². The van der Waals surface area contributed by atoms with Gasteiger partial charge in [0.15, 0.2) is 0 Å². The van der Waals surface area contributed by atoms with Crippen molar-refractivity contribution >= 4 is 51.5 Å². The first-order chi connectivity index (χ1) is 18.0. The van der Waals surface area contributed by atoms with Crippen LogP contribution < -0.4 is 20.8 Å². The first kappa shape index (κ1) is 26.4. The zero-order valence-corrected chi connectivity index (χ0v) is 24.3. The number of pyridine rings is 2. The van der Waals surface area contributed by atoms with Gasteiger partial charge >= 0.3 is 0 Å². The van der Waals surface area contributed by atoms with E-state index < -0.39 is 0 Å². The Morgan fingerprint density at radius 3 is 2.61 bits per heavy atom. The van der Waals surface area contributed by atoms with Gasteiger partial charge < -0.3 is 14.7 Å². The Labute approximate surface area is 234 Å². The van der Waals surface area contributed by atoms with Gasteiger partial charge in [-0.25, -0.2) is 0 Å². The van der Waals surface area contributed by atoms with Crippen molar-refractivity contribution in [1.82, 2.24) is 14.5 Å². The van der Waals surface area contributed by atoms with E-state index in [2.05, 4.69) is 66.2 Å². The molecule has 0 N–H and O–H groups in total. The van der Waals surface area contributed by atoms with E-state index in [0.717, 1.165) is 49.4 Å². The van der Waals surface area contributed by atoms with Crippen molar-refractivity contribution in [3.05, 3.63) is 87.7 Å². The lowest BCUT2D eigenvalue weighted by Crippen LogP contribution is -2.61. The Bertz CT molecular complexity index is 1580. The molecule has 0 amide bonds. The first-order valence-corrected chi connectivity index (χ1v) is 13.7. The molecule has 0 aliphatic carbocycles. The third-order valence-corrected chi connectivity index (χ3v) is 8.63. The van der Waals surface area contributed by atoms with Crippen molar-refractivity contribution in [2.45, 2.75) is 45.7 Å². The molecule has 4 heterocycles. The molecule has 194 valence electrons. The molecule has 2 aliphatic heterocycles. The summed E-state index contributed by atoms with van der Waals surface area (Å²) >= 11 is 3.62. The van der Waals surface area contributed by atoms with Gasteiger partial charge in [-0.2, -0.15) is 0 Å². The molecule has 1 aromatic carbocycles. The molecule has 2 unspecified atom stereocenters. The van der Waals surface area contributed by atoms with Crippen LogP contribution in [0.3, 0.4) is 0 Å². The average Bonchev–Trinajstić information content (AvgIpc) is 2.87. The number of rotatable bonds is 4. The lowest BCUT2D eigenvalue weighted by atomic mass is 9.91. The SMILES string of the molecule is [B]c1cc2c3c(c(=O)n(-c4c(C)ccnc4C(C)C)c2cc1Br)N(C)C(=C)C1CN(C(=C)C=C)C(C)CN31. The molecule has 1 saturated heterocycles. The second kappa shape index (κ2) is 9.49. The molecular formula is C30H33BBrN5O. The molecule has 5 rings (SSSR count). The van der Waals surface area contributed by atoms with Gasteiger partial charge in [0.05, 0.1) is 28.6 Å². The average molecular weight is 570 g/mol. The first-order valence-electron chi connectivity index (χ1n) is 12.9. The van der Waals surface area contributed by atoms with Gasteiger partial charge in [-0.1, -0.05) is 61.0 Å². The number of allylic oxidation sites excluding steroid dienone is 1. The second-order valence-corrected chi connectivity index (χ2v) is 11.5. The minimum atomic E-state index is -0.102. The van der Waals surface area contributed by atoms with E-state index in [1.165, 1.54) is 0 Å². The van der Waals surface area contributed by atoms with E-state index in [9.17, 15) is 4.79 Å². The maximum absolute atomic E-state index is 14.6. The summed E-state index contributed by atoms with van der Waals surface area (Å²) in [6, 6.07) is 6.03. The summed E-state index contributed by atoms with van der Waals surface area (Å²) in [6.45, 7) is 22.4. The summed E-state index contributed by atoms with van der Waals surface area (Å²) in [7, 11) is 8.40. The Morgan fingerprint density at radius 1 is 1.24 bits per heavy atom. The quantitative estimate of drug-likeness (QED) is 0.330. The molecule has 0 spiro atoms. The predicted molar refractivity (Wildman–Crippen MR) is 163 cm³/mol. The Morgan fingerprint density at radius 2 is 1.95 bits per heavy atom. The molecule has 0 bridgehead atoms. The summed E-state index contributed by atoms with van der Waals surface area (Å²) in [6.07, 6.45) is 3.61. The highest BCUT2D eigenvalue weighted by molar-refractivity contribution is 9.10. The van der Waals surface area contributed by atoms with E-state index in [0.29, 0.717) is 24.2 Å². The van der Waals surface area contributed by atoms with Gasteiger partial charge in [0.1, 0.15) is 13.5 Å². The van der Waals surface area contributed by atoms with E-state index in [4.69, 9.17) is 12.8 Å². The molecule has 2 aromatic heterocycles. The summed E-state index contributed by atoms with van der Waals surface area (Å²) in [4.78, 5) is 25.9. The predicted octanol–water partition coefficient (Wildman–Crippen LogP) is 4.92. The number of hydrogen-bond acceptors (Lipinski definition) is 5. The smallest absolute Gasteiger partial charge is 0.281 e. The number of halogens is 1. The van der Waals surface area contributed by atoms with Crippen LogP contribution in [0.15, 0.2) is 70.9 Å². The van der Waals surface area contributed by atoms with E-state index in [1.54, 1.807) is 6.08 Å². The maximum atomic E-state index is 14.6. The minimum absolute atomic E-state index is 0.0323. The van der Waals surface area contributed by atoms with Gasteiger partial charge in [-0.05, 0) is 43.5 Å². The van der Waals surface area contributed by atoms with E-state index in [-0.39, 0.29) is 23.6 Å². The zero-order valence-electron chi connectivity index (χ0n) is 22.8. The molecule has 3 aromatic rings. The normalized spacial score (nSPS) is 19.1. The van der Waals surface area contributed by atoms with Crippen molar-refractivity contribution in [2.75, 3.05) is 29.9 Å². The molecule has 1 fully saturated rings. The zero-order chi connectivity index (χ0) is 27.6. The molecule has 0 saturated carbocycles. The van der Waals surface area contributed by atoms with Crippen molar-refractivity contribution in [2.24, 2.45) is 0 Å². The van der Waals surface area contributed by atoms with Crippen LogP contribution in [0.2, 0.25) is 0 Å². The molecular weight excluding hydrogens is 537 g/mol. The number of nitrogens with zero attached hydrogens (tertiary/aromatic N) is 5. The van der Waals surface area contributed by atoms with Crippen LogP contribution in [0.1, 0.15) is 37.9 Å². The van der Waals surface area contributed by atoms with Crippen LogP contribution in [0.4, 0.5) is 11.4 Å². The number of benzene rings is 1. The molecule has 8 heteroatoms. The van der Waals surface area contributed by atoms with Crippen molar-refractivity contribution in [3.63, 3.8) is 0 Å².